The summed E-state index contributed by atoms with van der Waals surface area (Å²) in [6, 6.07) is 20.7. The molecular weight excluding hydrogens is 346 g/mol. The van der Waals surface area contributed by atoms with Crippen molar-refractivity contribution in [1.29, 1.82) is 0 Å². The lowest BCUT2D eigenvalue weighted by molar-refractivity contribution is -0.129. The smallest absolute Gasteiger partial charge is 0.225 e. The number of amides is 1. The van der Waals surface area contributed by atoms with Gasteiger partial charge in [-0.3, -0.25) is 4.79 Å². The van der Waals surface area contributed by atoms with Crippen molar-refractivity contribution in [2.45, 2.75) is 77.2 Å². The first-order chi connectivity index (χ1) is 13.8. The van der Waals surface area contributed by atoms with Crippen LogP contribution in [0.25, 0.3) is 0 Å². The van der Waals surface area contributed by atoms with Crippen molar-refractivity contribution in [3.63, 3.8) is 0 Å². The van der Waals surface area contributed by atoms with E-state index in [9.17, 15) is 4.79 Å². The number of unbranched alkanes of at least 4 members (excludes halogenated alkanes) is 4. The summed E-state index contributed by atoms with van der Waals surface area (Å²) in [5.41, 5.74) is 2.36. The SMILES string of the molecule is CCCCCCC[C@H]1[C@@H](OCc2ccccc2)CC(=O)N1Cc1ccccc1. The maximum Gasteiger partial charge on any atom is 0.225 e. The Morgan fingerprint density at radius 1 is 0.893 bits per heavy atom. The lowest BCUT2D eigenvalue weighted by Gasteiger charge is -2.28. The highest BCUT2D eigenvalue weighted by atomic mass is 16.5. The average Bonchev–Trinajstić information content (AvgIpc) is 3.02. The summed E-state index contributed by atoms with van der Waals surface area (Å²) in [5.74, 6) is 0.223. The summed E-state index contributed by atoms with van der Waals surface area (Å²) in [6.07, 6.45) is 7.75. The highest BCUT2D eigenvalue weighted by Crippen LogP contribution is 2.29. The molecule has 28 heavy (non-hydrogen) atoms. The first-order valence-corrected chi connectivity index (χ1v) is 10.8. The molecule has 2 atom stereocenters. The van der Waals surface area contributed by atoms with Gasteiger partial charge in [0.1, 0.15) is 0 Å². The van der Waals surface area contributed by atoms with Crippen LogP contribution >= 0.6 is 0 Å². The molecule has 1 aliphatic rings. The zero-order chi connectivity index (χ0) is 19.6. The van der Waals surface area contributed by atoms with Gasteiger partial charge in [-0.2, -0.15) is 0 Å². The van der Waals surface area contributed by atoms with Crippen LogP contribution in [0.2, 0.25) is 0 Å². The van der Waals surface area contributed by atoms with Gasteiger partial charge in [-0.15, -0.1) is 0 Å². The molecule has 2 aromatic carbocycles. The summed E-state index contributed by atoms with van der Waals surface area (Å²) in [6.45, 7) is 3.50. The van der Waals surface area contributed by atoms with Crippen LogP contribution in [0.15, 0.2) is 60.7 Å². The molecule has 1 amide bonds. The third-order valence-electron chi connectivity index (χ3n) is 5.63. The first-order valence-electron chi connectivity index (χ1n) is 10.8. The predicted octanol–water partition coefficient (Wildman–Crippen LogP) is 5.73. The quantitative estimate of drug-likeness (QED) is 0.466. The van der Waals surface area contributed by atoms with Crippen LogP contribution in [-0.2, 0) is 22.7 Å². The van der Waals surface area contributed by atoms with E-state index in [1.54, 1.807) is 0 Å². The van der Waals surface area contributed by atoms with Crippen molar-refractivity contribution < 1.29 is 9.53 Å². The Kier molecular flexibility index (Phi) is 8.10. The lowest BCUT2D eigenvalue weighted by atomic mass is 10.0. The van der Waals surface area contributed by atoms with Gasteiger partial charge in [0.05, 0.1) is 25.2 Å². The van der Waals surface area contributed by atoms with Crippen LogP contribution in [-0.4, -0.2) is 23.0 Å². The van der Waals surface area contributed by atoms with E-state index in [4.69, 9.17) is 4.74 Å². The Bertz CT molecular complexity index is 701. The Morgan fingerprint density at radius 2 is 1.54 bits per heavy atom. The maximum atomic E-state index is 12.8. The number of hydrogen-bond acceptors (Lipinski definition) is 2. The highest BCUT2D eigenvalue weighted by Gasteiger charge is 2.39. The maximum absolute atomic E-state index is 12.8. The van der Waals surface area contributed by atoms with Crippen LogP contribution in [0.1, 0.15) is 63.0 Å². The molecule has 0 radical (unpaired) electrons. The van der Waals surface area contributed by atoms with E-state index < -0.39 is 0 Å². The third-order valence-corrected chi connectivity index (χ3v) is 5.63. The second-order valence-corrected chi connectivity index (χ2v) is 7.82. The number of benzene rings is 2. The van der Waals surface area contributed by atoms with E-state index in [2.05, 4.69) is 36.1 Å². The van der Waals surface area contributed by atoms with Crippen molar-refractivity contribution in [2.75, 3.05) is 0 Å². The second-order valence-electron chi connectivity index (χ2n) is 7.82. The van der Waals surface area contributed by atoms with E-state index >= 15 is 0 Å². The molecule has 150 valence electrons. The van der Waals surface area contributed by atoms with Gasteiger partial charge in [-0.1, -0.05) is 99.7 Å². The number of hydrogen-bond donors (Lipinski definition) is 0. The zero-order valence-corrected chi connectivity index (χ0v) is 17.1. The zero-order valence-electron chi connectivity index (χ0n) is 17.1. The summed E-state index contributed by atoms with van der Waals surface area (Å²) >= 11 is 0. The van der Waals surface area contributed by atoms with Crippen LogP contribution in [0.5, 0.6) is 0 Å². The molecule has 3 nitrogen and oxygen atoms in total. The van der Waals surface area contributed by atoms with Gasteiger partial charge >= 0.3 is 0 Å². The standard InChI is InChI=1S/C25H33NO2/c1-2-3-4-5-12-17-23-24(28-20-22-15-10-7-11-16-22)18-25(27)26(23)19-21-13-8-6-9-14-21/h6-11,13-16,23-24H,2-5,12,17-20H2,1H3/t23-,24-/m0/s1. The fourth-order valence-corrected chi connectivity index (χ4v) is 4.04. The molecule has 0 unspecified atom stereocenters. The Labute approximate surface area is 169 Å². The van der Waals surface area contributed by atoms with Gasteiger partial charge in [-0.05, 0) is 17.5 Å². The molecule has 3 heteroatoms. The minimum Gasteiger partial charge on any atom is -0.371 e. The van der Waals surface area contributed by atoms with Crippen molar-refractivity contribution in [1.82, 2.24) is 4.90 Å². The Morgan fingerprint density at radius 3 is 2.21 bits per heavy atom. The lowest BCUT2D eigenvalue weighted by Crippen LogP contribution is -2.37. The van der Waals surface area contributed by atoms with E-state index in [0.717, 1.165) is 18.4 Å². The number of carbonyl (C=O) groups excluding carboxylic acids is 1. The van der Waals surface area contributed by atoms with E-state index in [0.29, 0.717) is 19.6 Å². The van der Waals surface area contributed by atoms with E-state index in [-0.39, 0.29) is 18.1 Å². The van der Waals surface area contributed by atoms with E-state index in [1.807, 2.05) is 36.4 Å². The second kappa shape index (κ2) is 11.0. The van der Waals surface area contributed by atoms with Gasteiger partial charge in [0.2, 0.25) is 5.91 Å². The fourth-order valence-electron chi connectivity index (χ4n) is 4.04. The van der Waals surface area contributed by atoms with Crippen LogP contribution < -0.4 is 0 Å². The molecule has 0 aliphatic carbocycles. The number of likely N-dealkylation sites (tertiary alicyclic amines) is 1. The van der Waals surface area contributed by atoms with Gasteiger partial charge in [0.15, 0.2) is 0 Å². The molecule has 0 N–H and O–H groups in total. The molecule has 1 heterocycles. The molecule has 1 saturated heterocycles. The molecule has 0 saturated carbocycles. The first kappa shape index (κ1) is 20.6. The monoisotopic (exact) mass is 379 g/mol. The molecule has 0 bridgehead atoms. The van der Waals surface area contributed by atoms with Gasteiger partial charge < -0.3 is 9.64 Å². The van der Waals surface area contributed by atoms with E-state index in [1.165, 1.54) is 31.2 Å². The molecule has 2 aromatic rings. The van der Waals surface area contributed by atoms with Crippen LogP contribution in [0, 0.1) is 0 Å². The van der Waals surface area contributed by atoms with Crippen molar-refractivity contribution >= 4 is 5.91 Å². The number of ether oxygens (including phenoxy) is 1. The summed E-state index contributed by atoms with van der Waals surface area (Å²) < 4.78 is 6.26. The minimum atomic E-state index is -0.0115. The molecule has 0 aromatic heterocycles. The van der Waals surface area contributed by atoms with Gasteiger partial charge in [0, 0.05) is 6.54 Å². The molecule has 1 aliphatic heterocycles. The predicted molar refractivity (Wildman–Crippen MR) is 114 cm³/mol. The van der Waals surface area contributed by atoms with Gasteiger partial charge in [0.25, 0.3) is 0 Å². The molecule has 0 spiro atoms. The normalized spacial score (nSPS) is 19.3. The average molecular weight is 380 g/mol. The number of carbonyl (C=O) groups is 1. The van der Waals surface area contributed by atoms with Crippen LogP contribution in [0.3, 0.4) is 0 Å². The largest absolute Gasteiger partial charge is 0.371 e. The summed E-state index contributed by atoms with van der Waals surface area (Å²) in [7, 11) is 0. The fraction of sp³-hybridized carbons (Fsp3) is 0.480. The van der Waals surface area contributed by atoms with Gasteiger partial charge in [-0.25, -0.2) is 0 Å². The Balaban J connectivity index is 1.63. The highest BCUT2D eigenvalue weighted by molar-refractivity contribution is 5.79. The van der Waals surface area contributed by atoms with Crippen LogP contribution in [0.4, 0.5) is 0 Å². The van der Waals surface area contributed by atoms with Crippen molar-refractivity contribution in [3.05, 3.63) is 71.8 Å². The molecule has 3 rings (SSSR count). The third kappa shape index (κ3) is 5.93. The summed E-state index contributed by atoms with van der Waals surface area (Å²) in [4.78, 5) is 14.9. The topological polar surface area (TPSA) is 29.5 Å². The van der Waals surface area contributed by atoms with Crippen molar-refractivity contribution in [2.24, 2.45) is 0 Å². The number of nitrogens with zero attached hydrogens (tertiary/aromatic N) is 1. The minimum absolute atomic E-state index is 0.0115. The summed E-state index contributed by atoms with van der Waals surface area (Å²) in [5, 5.41) is 0. The number of rotatable bonds is 11. The molecule has 1 fully saturated rings. The molecular formula is C25H33NO2. The Hall–Kier alpha value is -2.13. The van der Waals surface area contributed by atoms with Crippen molar-refractivity contribution in [3.8, 4) is 0 Å².